The van der Waals surface area contributed by atoms with Gasteiger partial charge in [-0.05, 0) is 25.5 Å². The molecule has 0 bridgehead atoms. The number of Topliss-reactive ketones (excluding diaryl/α,β-unsaturated/α-hetero) is 1. The first-order valence-electron chi connectivity index (χ1n) is 4.37. The summed E-state index contributed by atoms with van der Waals surface area (Å²) in [5.41, 5.74) is 1.34. The van der Waals surface area contributed by atoms with Crippen molar-refractivity contribution in [1.82, 2.24) is 0 Å². The maximum Gasteiger partial charge on any atom is 0.159 e. The summed E-state index contributed by atoms with van der Waals surface area (Å²) in [6.07, 6.45) is 0.576. The van der Waals surface area contributed by atoms with Crippen molar-refractivity contribution in [1.29, 1.82) is 5.26 Å². The summed E-state index contributed by atoms with van der Waals surface area (Å²) in [5, 5.41) is 18.4. The second-order valence-electron chi connectivity index (χ2n) is 3.04. The molecule has 1 N–H and O–H groups in total. The molecule has 0 aliphatic rings. The number of phenols is 1. The molecule has 72 valence electrons. The Morgan fingerprint density at radius 2 is 2.21 bits per heavy atom. The molecule has 0 radical (unpaired) electrons. The number of phenolic OH excluding ortho intramolecular Hbond substituents is 1. The topological polar surface area (TPSA) is 61.1 Å². The molecule has 0 saturated carbocycles. The maximum atomic E-state index is 11.0. The number of ketones is 1. The van der Waals surface area contributed by atoms with Gasteiger partial charge in [0.05, 0.1) is 11.6 Å². The van der Waals surface area contributed by atoms with Crippen LogP contribution in [0.25, 0.3) is 0 Å². The molecule has 0 saturated heterocycles. The third kappa shape index (κ3) is 1.74. The van der Waals surface area contributed by atoms with Gasteiger partial charge in [-0.15, -0.1) is 0 Å². The number of carbonyl (C=O) groups is 1. The SMILES string of the molecule is CCc1c(O)cc(C(C)=O)cc1C#N. The number of hydrogen-bond donors (Lipinski definition) is 1. The highest BCUT2D eigenvalue weighted by atomic mass is 16.3. The molecule has 0 unspecified atom stereocenters. The lowest BCUT2D eigenvalue weighted by Gasteiger charge is -2.05. The van der Waals surface area contributed by atoms with E-state index < -0.39 is 0 Å². The summed E-state index contributed by atoms with van der Waals surface area (Å²) in [6.45, 7) is 3.25. The molecule has 0 heterocycles. The van der Waals surface area contributed by atoms with Crippen molar-refractivity contribution in [3.63, 3.8) is 0 Å². The Bertz CT molecular complexity index is 416. The Morgan fingerprint density at radius 1 is 1.57 bits per heavy atom. The number of hydrogen-bond acceptors (Lipinski definition) is 3. The molecule has 1 aromatic rings. The van der Waals surface area contributed by atoms with E-state index in [4.69, 9.17) is 5.26 Å². The van der Waals surface area contributed by atoms with Crippen molar-refractivity contribution in [2.45, 2.75) is 20.3 Å². The first kappa shape index (κ1) is 10.3. The lowest BCUT2D eigenvalue weighted by molar-refractivity contribution is 0.101. The Labute approximate surface area is 82.6 Å². The van der Waals surface area contributed by atoms with Gasteiger partial charge >= 0.3 is 0 Å². The van der Waals surface area contributed by atoms with Gasteiger partial charge in [0.25, 0.3) is 0 Å². The van der Waals surface area contributed by atoms with Crippen molar-refractivity contribution in [2.75, 3.05) is 0 Å². The second-order valence-corrected chi connectivity index (χ2v) is 3.04. The van der Waals surface area contributed by atoms with E-state index in [0.717, 1.165) is 0 Å². The number of aromatic hydroxyl groups is 1. The van der Waals surface area contributed by atoms with Crippen molar-refractivity contribution >= 4 is 5.78 Å². The van der Waals surface area contributed by atoms with Crippen LogP contribution >= 0.6 is 0 Å². The summed E-state index contributed by atoms with van der Waals surface area (Å²) in [6, 6.07) is 4.89. The fourth-order valence-electron chi connectivity index (χ4n) is 1.33. The third-order valence-corrected chi connectivity index (χ3v) is 2.11. The molecule has 1 aromatic carbocycles. The number of nitriles is 1. The fraction of sp³-hybridized carbons (Fsp3) is 0.273. The fourth-order valence-corrected chi connectivity index (χ4v) is 1.33. The summed E-state index contributed by atoms with van der Waals surface area (Å²) >= 11 is 0. The minimum absolute atomic E-state index is 0.0248. The van der Waals surface area contributed by atoms with Crippen LogP contribution in [0.1, 0.15) is 35.3 Å². The molecule has 0 spiro atoms. The zero-order valence-corrected chi connectivity index (χ0v) is 8.16. The standard InChI is InChI=1S/C11H11NO2/c1-3-10-9(6-12)4-8(7(2)13)5-11(10)14/h4-5,14H,3H2,1-2H3. The molecule has 0 atom stereocenters. The lowest BCUT2D eigenvalue weighted by Crippen LogP contribution is -1.96. The van der Waals surface area contributed by atoms with E-state index in [-0.39, 0.29) is 11.5 Å². The Balaban J connectivity index is 3.41. The van der Waals surface area contributed by atoms with Crippen LogP contribution in [0.2, 0.25) is 0 Å². The van der Waals surface area contributed by atoms with E-state index >= 15 is 0 Å². The second kappa shape index (κ2) is 3.93. The van der Waals surface area contributed by atoms with Gasteiger partial charge < -0.3 is 5.11 Å². The smallest absolute Gasteiger partial charge is 0.159 e. The Hall–Kier alpha value is -1.82. The van der Waals surface area contributed by atoms with Gasteiger partial charge in [0, 0.05) is 11.1 Å². The summed E-state index contributed by atoms with van der Waals surface area (Å²) < 4.78 is 0. The first-order chi connectivity index (χ1) is 6.60. The van der Waals surface area contributed by atoms with Crippen molar-refractivity contribution in [2.24, 2.45) is 0 Å². The summed E-state index contributed by atoms with van der Waals surface area (Å²) in [7, 11) is 0. The zero-order chi connectivity index (χ0) is 10.7. The highest BCUT2D eigenvalue weighted by Crippen LogP contribution is 2.23. The number of rotatable bonds is 2. The monoisotopic (exact) mass is 189 g/mol. The molecule has 3 nitrogen and oxygen atoms in total. The van der Waals surface area contributed by atoms with E-state index in [1.54, 1.807) is 0 Å². The molecule has 0 aliphatic heterocycles. The van der Waals surface area contributed by atoms with Gasteiger partial charge in [0.1, 0.15) is 5.75 Å². The maximum absolute atomic E-state index is 11.0. The Kier molecular flexibility index (Phi) is 2.88. The van der Waals surface area contributed by atoms with Crippen molar-refractivity contribution < 1.29 is 9.90 Å². The molecule has 0 aliphatic carbocycles. The van der Waals surface area contributed by atoms with Crippen LogP contribution in [0.5, 0.6) is 5.75 Å². The number of benzene rings is 1. The van der Waals surface area contributed by atoms with Crippen LogP contribution in [-0.4, -0.2) is 10.9 Å². The van der Waals surface area contributed by atoms with Crippen molar-refractivity contribution in [3.8, 4) is 11.8 Å². The molecular weight excluding hydrogens is 178 g/mol. The van der Waals surface area contributed by atoms with Crippen LogP contribution in [0.3, 0.4) is 0 Å². The molecule has 0 amide bonds. The molecule has 3 heteroatoms. The largest absolute Gasteiger partial charge is 0.508 e. The van der Waals surface area contributed by atoms with Crippen LogP contribution in [0.4, 0.5) is 0 Å². The highest BCUT2D eigenvalue weighted by molar-refractivity contribution is 5.95. The van der Waals surface area contributed by atoms with E-state index in [1.807, 2.05) is 13.0 Å². The van der Waals surface area contributed by atoms with E-state index in [0.29, 0.717) is 23.1 Å². The van der Waals surface area contributed by atoms with Gasteiger partial charge in [0.15, 0.2) is 5.78 Å². The average molecular weight is 189 g/mol. The first-order valence-corrected chi connectivity index (χ1v) is 4.37. The van der Waals surface area contributed by atoms with Crippen LogP contribution in [0, 0.1) is 11.3 Å². The lowest BCUT2D eigenvalue weighted by atomic mass is 10.00. The number of carbonyl (C=O) groups excluding carboxylic acids is 1. The number of nitrogens with zero attached hydrogens (tertiary/aromatic N) is 1. The summed E-state index contributed by atoms with van der Waals surface area (Å²) in [5.74, 6) is -0.129. The molecule has 0 fully saturated rings. The minimum Gasteiger partial charge on any atom is -0.508 e. The minimum atomic E-state index is -0.153. The van der Waals surface area contributed by atoms with Gasteiger partial charge in [-0.3, -0.25) is 4.79 Å². The quantitative estimate of drug-likeness (QED) is 0.724. The van der Waals surface area contributed by atoms with Gasteiger partial charge in [-0.2, -0.15) is 5.26 Å². The van der Waals surface area contributed by atoms with E-state index in [1.165, 1.54) is 19.1 Å². The molecule has 0 aromatic heterocycles. The average Bonchev–Trinajstić information content (AvgIpc) is 2.16. The zero-order valence-electron chi connectivity index (χ0n) is 8.16. The van der Waals surface area contributed by atoms with Gasteiger partial charge in [-0.1, -0.05) is 6.92 Å². The molecular formula is C11H11NO2. The predicted octanol–water partition coefficient (Wildman–Crippen LogP) is 2.03. The molecule has 1 rings (SSSR count). The van der Waals surface area contributed by atoms with Gasteiger partial charge in [0.2, 0.25) is 0 Å². The summed E-state index contributed by atoms with van der Waals surface area (Å²) in [4.78, 5) is 11.0. The van der Waals surface area contributed by atoms with Crippen LogP contribution in [0.15, 0.2) is 12.1 Å². The molecule has 14 heavy (non-hydrogen) atoms. The van der Waals surface area contributed by atoms with Crippen LogP contribution in [-0.2, 0) is 6.42 Å². The van der Waals surface area contributed by atoms with E-state index in [2.05, 4.69) is 0 Å². The highest BCUT2D eigenvalue weighted by Gasteiger charge is 2.10. The Morgan fingerprint density at radius 3 is 2.64 bits per heavy atom. The predicted molar refractivity (Wildman–Crippen MR) is 52.2 cm³/mol. The van der Waals surface area contributed by atoms with E-state index in [9.17, 15) is 9.90 Å². The normalized spacial score (nSPS) is 9.50. The third-order valence-electron chi connectivity index (χ3n) is 2.11. The van der Waals surface area contributed by atoms with Crippen molar-refractivity contribution in [3.05, 3.63) is 28.8 Å². The van der Waals surface area contributed by atoms with Gasteiger partial charge in [-0.25, -0.2) is 0 Å². The van der Waals surface area contributed by atoms with Crippen LogP contribution < -0.4 is 0 Å².